The van der Waals surface area contributed by atoms with Crippen molar-refractivity contribution in [2.45, 2.75) is 680 Å². The molecule has 20 aliphatic carbocycles. The molecule has 0 aromatic heterocycles. The fraction of sp³-hybridized carbons (Fsp3) is 0.914. The maximum atomic E-state index is 12.7. The van der Waals surface area contributed by atoms with E-state index in [0.717, 1.165) is 26.4 Å². The summed E-state index contributed by atoms with van der Waals surface area (Å²) in [5.41, 5.74) is 12.4. The molecule has 22 heteroatoms. The molecule has 0 bridgehead atoms. The molecular formula is C128H253Br3Cl2Fe7LiN3OP5-3. The Morgan fingerprint density at radius 2 is 0.420 bits per heavy atom. The summed E-state index contributed by atoms with van der Waals surface area (Å²) in [7, 11) is 13.2. The number of rotatable bonds is 18. The minimum Gasteiger partial charge on any atom is -0.358 e. The molecule has 0 aromatic carbocycles. The molecule has 5 unspecified atom stereocenters. The van der Waals surface area contributed by atoms with Crippen LogP contribution in [0.5, 0.6) is 0 Å². The van der Waals surface area contributed by atoms with E-state index in [1.54, 1.807) is 231 Å². The molecule has 4 nitrogen and oxygen atoms in total. The molecule has 0 spiro atoms. The van der Waals surface area contributed by atoms with E-state index in [-0.39, 0.29) is 213 Å². The third-order valence-electron chi connectivity index (χ3n) is 37.0. The first kappa shape index (κ1) is 180. The Kier molecular flexibility index (Phi) is 137. The number of halogens is 5. The van der Waals surface area contributed by atoms with E-state index >= 15 is 0 Å². The number of nitrogens with zero attached hydrogens (tertiary/aromatic N) is 3. The average Bonchev–Trinajstić information content (AvgIpc) is 1.74. The second-order valence-corrected chi connectivity index (χ2v) is 66.6. The molecule has 20 rings (SSSR count). The summed E-state index contributed by atoms with van der Waals surface area (Å²) in [6.45, 7) is 6.14. The molecule has 150 heavy (non-hydrogen) atoms. The van der Waals surface area contributed by atoms with Crippen LogP contribution in [0.15, 0.2) is 0 Å². The second kappa shape index (κ2) is 114. The van der Waals surface area contributed by atoms with E-state index < -0.39 is 14.4 Å². The van der Waals surface area contributed by atoms with Crippen molar-refractivity contribution in [2.24, 2.45) is 17.8 Å². The van der Waals surface area contributed by atoms with Crippen molar-refractivity contribution in [3.8, 4) is 0 Å². The fourth-order valence-electron chi connectivity index (χ4n) is 28.2. The topological polar surface area (TPSA) is 26.8 Å². The van der Waals surface area contributed by atoms with Gasteiger partial charge in [0.2, 0.25) is 0 Å². The average molecular weight is 2710 g/mol. The Labute approximate surface area is 1070 Å². The monoisotopic (exact) mass is 2710 g/mol. The van der Waals surface area contributed by atoms with Gasteiger partial charge in [0.15, 0.2) is 11.3 Å². The molecule has 906 valence electrons. The Morgan fingerprint density at radius 3 is 0.613 bits per heavy atom. The Bertz CT molecular complexity index is 2410. The summed E-state index contributed by atoms with van der Waals surface area (Å²) >= 11 is 22.7. The standard InChI is InChI=1S/3C17H31P.C14H27NOP.C9H18Cl2NP.C9H19N.3C5H9Br.3C5H10.C5H9.10CH3.7Fe.Li/c3*1-3-9-15(10-4-1)18(17-13-7-8-14-17)16-11-5-2-6-12-16;1-11(15(2)3)13-9-6-10-14(13)17(16)12-7-4-5-8-12;1-7(12(2)3)8-5-4-6-9(8)13(10)11;1-8(10(2)3)9-6-4-5-7-9;3*6-5-3-1-2-4-5;4*1-2-4-5-3-1;;;;;;;;;;;;;;;;;;/h3*15-17H,1-14H2;11-14H,4-10H2,1-3H3;7-9H,4-6H2,1-3H3;8-9H,4-7H2,1-3H3;3*5H,1-4H2;3*1-5H2;1H,2-5H2;10*1H3;;;;;;;;/q;;;+1;;;;;;;;;11*-1;;;;;3*+2;+1/t;;;11-,13?,14?;7-,8?,9?;8-;;;;;;;;;;;;;;;;;;;;;;;;;/m...111........................./s1. The van der Waals surface area contributed by atoms with E-state index in [2.05, 4.69) is 132 Å². The predicted molar refractivity (Wildman–Crippen MR) is 681 cm³/mol. The van der Waals surface area contributed by atoms with E-state index in [4.69, 9.17) is 22.5 Å². The van der Waals surface area contributed by atoms with Crippen LogP contribution in [-0.2, 0) is 124 Å². The maximum Gasteiger partial charge on any atom is 2.00 e. The van der Waals surface area contributed by atoms with Gasteiger partial charge in [-0.25, -0.2) is 0 Å². The van der Waals surface area contributed by atoms with Gasteiger partial charge in [0.1, 0.15) is 0 Å². The van der Waals surface area contributed by atoms with Crippen LogP contribution < -0.4 is 18.9 Å². The van der Waals surface area contributed by atoms with Gasteiger partial charge in [-0.1, -0.05) is 420 Å². The van der Waals surface area contributed by atoms with E-state index in [1.165, 1.54) is 378 Å². The van der Waals surface area contributed by atoms with Crippen molar-refractivity contribution in [3.05, 3.63) is 80.7 Å². The molecule has 0 aliphatic heterocycles. The van der Waals surface area contributed by atoms with Crippen LogP contribution in [0.25, 0.3) is 0 Å². The molecule has 0 saturated heterocycles. The Balaban J connectivity index is -0.000000157. The SMILES string of the molecule is BrC1CCCC1.BrC1CCCC1.BrC1CCCC1.C1CCC(P(C2CCCCC2)C2CCCC2)CC1.C1CCC(P(C2CCCCC2)C2CCCC2)CC1.C1CCC(P(C2CCCCC2)C2CCCC2)CC1.C1CCCC1.C1CCCC1.C1CCCC1.C[C@H](C1CCCC1)N(C)C.C[C@H](C1CCCC1P(Cl)Cl)N(C)C.C[C@H](C1CCCC1[P+](=O)C1CCCC1)N(C)C.[CH-]1CCCC1.[CH3-].[CH3-].[CH3-].[CH3-].[CH3-].[CH3-].[CH3-].[CH3-].[CH3-].[CH3-].[Fe+2].[Fe+2].[Fe+2].[Fe].[Fe].[Fe].[Fe].[Li+]. The molecule has 8 atom stereocenters. The molecule has 0 aromatic rings. The first-order valence-electron chi connectivity index (χ1n) is 60.0. The zero-order valence-corrected chi connectivity index (χ0v) is 121. The number of hydrogen-bond acceptors (Lipinski definition) is 4. The Morgan fingerprint density at radius 1 is 0.240 bits per heavy atom. The summed E-state index contributed by atoms with van der Waals surface area (Å²) in [6, 6.07) is 1.99. The molecule has 0 N–H and O–H groups in total. The quantitative estimate of drug-likeness (QED) is 0.0591. The maximum absolute atomic E-state index is 12.7. The van der Waals surface area contributed by atoms with Crippen molar-refractivity contribution in [1.82, 2.24) is 14.7 Å². The third-order valence-corrected chi connectivity index (χ3v) is 57.1. The molecule has 0 heterocycles. The second-order valence-electron chi connectivity index (χ2n) is 47.5. The first-order valence-corrected chi connectivity index (χ1v) is 72.0. The van der Waals surface area contributed by atoms with Crippen molar-refractivity contribution >= 4 is 108 Å². The van der Waals surface area contributed by atoms with Gasteiger partial charge in [0, 0.05) is 112 Å². The van der Waals surface area contributed by atoms with Crippen LogP contribution in [-0.4, -0.2) is 158 Å². The minimum atomic E-state index is -0.956. The van der Waals surface area contributed by atoms with Gasteiger partial charge in [0.25, 0.3) is 0 Å². The van der Waals surface area contributed by atoms with Gasteiger partial charge in [-0.05, 0) is 351 Å². The molecule has 20 fully saturated rings. The molecule has 20 saturated carbocycles. The minimum absolute atomic E-state index is 0. The van der Waals surface area contributed by atoms with Crippen molar-refractivity contribution in [3.63, 3.8) is 0 Å². The third kappa shape index (κ3) is 74.7. The van der Waals surface area contributed by atoms with Crippen LogP contribution in [0, 0.1) is 98.4 Å². The smallest absolute Gasteiger partial charge is 0.358 e. The summed E-state index contributed by atoms with van der Waals surface area (Å²) in [5, 5.41) is 0. The summed E-state index contributed by atoms with van der Waals surface area (Å²) in [5.74, 6) is 2.36. The predicted octanol–water partition coefficient (Wildman–Crippen LogP) is 44.2. The molecular weight excluding hydrogens is 2460 g/mol. The van der Waals surface area contributed by atoms with Gasteiger partial charge >= 0.3 is 77.9 Å². The fourth-order valence-corrected chi connectivity index (χ4v) is 49.4. The largest absolute Gasteiger partial charge is 2.00 e. The summed E-state index contributed by atoms with van der Waals surface area (Å²) in [6.07, 6.45) is 132. The van der Waals surface area contributed by atoms with Crippen molar-refractivity contribution < 1.29 is 143 Å². The van der Waals surface area contributed by atoms with Crippen LogP contribution in [0.4, 0.5) is 0 Å². The van der Waals surface area contributed by atoms with Crippen LogP contribution in [0.2, 0.25) is 0 Å². The summed E-state index contributed by atoms with van der Waals surface area (Å²) in [4.78, 5) is 9.50. The van der Waals surface area contributed by atoms with E-state index in [9.17, 15) is 4.57 Å². The summed E-state index contributed by atoms with van der Waals surface area (Å²) < 4.78 is 12.7. The normalized spacial score (nSPS) is 24.9. The van der Waals surface area contributed by atoms with Gasteiger partial charge < -0.3 is 95.4 Å². The van der Waals surface area contributed by atoms with Gasteiger partial charge in [-0.3, -0.25) is 0 Å². The van der Waals surface area contributed by atoms with E-state index in [0.29, 0.717) is 64.7 Å². The number of alkyl halides is 3. The molecule has 20 aliphatic rings. The zero-order valence-electron chi connectivity index (χ0n) is 103. The van der Waals surface area contributed by atoms with Crippen LogP contribution in [0.1, 0.15) is 579 Å². The van der Waals surface area contributed by atoms with Crippen LogP contribution in [0.3, 0.4) is 0 Å². The number of hydrogen-bond donors (Lipinski definition) is 0. The van der Waals surface area contributed by atoms with Crippen molar-refractivity contribution in [2.75, 3.05) is 42.3 Å². The van der Waals surface area contributed by atoms with Crippen LogP contribution >= 0.6 is 108 Å². The molecule has 0 radical (unpaired) electrons. The van der Waals surface area contributed by atoms with Gasteiger partial charge in [-0.2, -0.15) is 12.8 Å². The van der Waals surface area contributed by atoms with Gasteiger partial charge in [-0.15, -0.1) is 0 Å². The van der Waals surface area contributed by atoms with E-state index in [1.807, 2.05) is 0 Å². The molecule has 0 amide bonds. The first-order chi connectivity index (χ1) is 64.4. The van der Waals surface area contributed by atoms with Crippen molar-refractivity contribution in [1.29, 1.82) is 0 Å². The zero-order chi connectivity index (χ0) is 94.0. The van der Waals surface area contributed by atoms with Gasteiger partial charge in [0.05, 0.1) is 6.63 Å². The Hall–Kier alpha value is 7.95.